The zero-order chi connectivity index (χ0) is 14.8. The molecule has 3 rings (SSSR count). The molecule has 0 spiro atoms. The molecule has 2 fully saturated rings. The monoisotopic (exact) mass is 308 g/mol. The highest BCUT2D eigenvalue weighted by Crippen LogP contribution is 2.38. The number of morpholine rings is 1. The molecule has 21 heavy (non-hydrogen) atoms. The molecule has 2 aliphatic heterocycles. The van der Waals surface area contributed by atoms with Gasteiger partial charge in [-0.25, -0.2) is 0 Å². The summed E-state index contributed by atoms with van der Waals surface area (Å²) in [5.74, 6) is 0.153. The fraction of sp³-hybridized carbons (Fsp3) is 0.600. The quantitative estimate of drug-likeness (QED) is 0.832. The van der Waals surface area contributed by atoms with Gasteiger partial charge in [0.05, 0.1) is 25.2 Å². The van der Waals surface area contributed by atoms with Crippen molar-refractivity contribution in [2.24, 2.45) is 5.92 Å². The third-order valence-corrected chi connectivity index (χ3v) is 5.28. The van der Waals surface area contributed by atoms with Crippen molar-refractivity contribution in [1.82, 2.24) is 9.80 Å². The molecule has 6 heteroatoms. The number of piperidine rings is 1. The van der Waals surface area contributed by atoms with Crippen LogP contribution in [0.1, 0.15) is 23.8 Å². The second-order valence-electron chi connectivity index (χ2n) is 5.55. The Balaban J connectivity index is 1.84. The van der Waals surface area contributed by atoms with Crippen LogP contribution in [0.15, 0.2) is 17.5 Å². The van der Waals surface area contributed by atoms with Crippen LogP contribution in [0, 0.1) is 5.92 Å². The van der Waals surface area contributed by atoms with Crippen molar-refractivity contribution in [2.45, 2.75) is 18.9 Å². The summed E-state index contributed by atoms with van der Waals surface area (Å²) in [6, 6.07) is 3.87. The number of hydrogen-bond donors (Lipinski definition) is 0. The summed E-state index contributed by atoms with van der Waals surface area (Å²) in [4.78, 5) is 29.6. The SMILES string of the molecule is CN1C(=O)CC[C@H](C(=O)N2CCOCC2)[C@@H]1c1cccs1. The van der Waals surface area contributed by atoms with E-state index in [0.717, 1.165) is 4.88 Å². The highest BCUT2D eigenvalue weighted by molar-refractivity contribution is 7.10. The number of rotatable bonds is 2. The van der Waals surface area contributed by atoms with Crippen LogP contribution in [0.25, 0.3) is 0 Å². The van der Waals surface area contributed by atoms with E-state index in [2.05, 4.69) is 0 Å². The van der Waals surface area contributed by atoms with E-state index < -0.39 is 0 Å². The lowest BCUT2D eigenvalue weighted by molar-refractivity contribution is -0.149. The Hall–Kier alpha value is -1.40. The maximum atomic E-state index is 12.8. The molecular weight excluding hydrogens is 288 g/mol. The van der Waals surface area contributed by atoms with Crippen LogP contribution in [0.3, 0.4) is 0 Å². The lowest BCUT2D eigenvalue weighted by Crippen LogP contribution is -2.50. The van der Waals surface area contributed by atoms with Crippen molar-refractivity contribution >= 4 is 23.2 Å². The van der Waals surface area contributed by atoms with Gasteiger partial charge in [-0.3, -0.25) is 9.59 Å². The van der Waals surface area contributed by atoms with E-state index in [1.807, 2.05) is 29.5 Å². The molecule has 0 N–H and O–H groups in total. The lowest BCUT2D eigenvalue weighted by Gasteiger charge is -2.40. The highest BCUT2D eigenvalue weighted by Gasteiger charge is 2.41. The first-order chi connectivity index (χ1) is 10.2. The predicted molar refractivity (Wildman–Crippen MR) is 80.0 cm³/mol. The van der Waals surface area contributed by atoms with Crippen molar-refractivity contribution in [3.05, 3.63) is 22.4 Å². The van der Waals surface area contributed by atoms with Crippen LogP contribution in [-0.2, 0) is 14.3 Å². The molecule has 1 aromatic heterocycles. The third kappa shape index (κ3) is 2.82. The molecule has 2 amide bonds. The molecule has 2 aliphatic rings. The molecule has 0 unspecified atom stereocenters. The highest BCUT2D eigenvalue weighted by atomic mass is 32.1. The molecule has 114 valence electrons. The van der Waals surface area contributed by atoms with Crippen LogP contribution in [-0.4, -0.2) is 55.0 Å². The van der Waals surface area contributed by atoms with Crippen molar-refractivity contribution < 1.29 is 14.3 Å². The maximum Gasteiger partial charge on any atom is 0.228 e. The van der Waals surface area contributed by atoms with Gasteiger partial charge in [0.25, 0.3) is 0 Å². The summed E-state index contributed by atoms with van der Waals surface area (Å²) in [5.41, 5.74) is 0. The number of ether oxygens (including phenoxy) is 1. The Morgan fingerprint density at radius 2 is 2.14 bits per heavy atom. The topological polar surface area (TPSA) is 49.9 Å². The Bertz CT molecular complexity index is 511. The molecule has 0 radical (unpaired) electrons. The van der Waals surface area contributed by atoms with Gasteiger partial charge in [0, 0.05) is 31.4 Å². The first kappa shape index (κ1) is 14.5. The van der Waals surface area contributed by atoms with E-state index in [0.29, 0.717) is 39.1 Å². The molecule has 0 bridgehead atoms. The molecule has 0 saturated carbocycles. The smallest absolute Gasteiger partial charge is 0.228 e. The van der Waals surface area contributed by atoms with Crippen LogP contribution in [0.2, 0.25) is 0 Å². The first-order valence-corrected chi connectivity index (χ1v) is 8.22. The van der Waals surface area contributed by atoms with Crippen molar-refractivity contribution in [1.29, 1.82) is 0 Å². The molecule has 0 aromatic carbocycles. The second-order valence-corrected chi connectivity index (χ2v) is 6.53. The standard InChI is InChI=1S/C15H20N2O3S/c1-16-13(18)5-4-11(14(16)12-3-2-10-21-12)15(19)17-6-8-20-9-7-17/h2-3,10-11,14H,4-9H2,1H3/t11-,14+/m0/s1. The van der Waals surface area contributed by atoms with Gasteiger partial charge in [-0.1, -0.05) is 6.07 Å². The molecule has 3 heterocycles. The summed E-state index contributed by atoms with van der Waals surface area (Å²) >= 11 is 1.61. The fourth-order valence-electron chi connectivity index (χ4n) is 3.16. The van der Waals surface area contributed by atoms with Crippen LogP contribution < -0.4 is 0 Å². The maximum absolute atomic E-state index is 12.8. The van der Waals surface area contributed by atoms with E-state index in [-0.39, 0.29) is 23.8 Å². The second kappa shape index (κ2) is 6.15. The summed E-state index contributed by atoms with van der Waals surface area (Å²) in [5, 5.41) is 2.00. The Kier molecular flexibility index (Phi) is 4.26. The third-order valence-electron chi connectivity index (χ3n) is 4.34. The van der Waals surface area contributed by atoms with Gasteiger partial charge in [0.15, 0.2) is 0 Å². The number of amides is 2. The number of nitrogens with zero attached hydrogens (tertiary/aromatic N) is 2. The Morgan fingerprint density at radius 1 is 1.38 bits per heavy atom. The molecule has 0 aliphatic carbocycles. The van der Waals surface area contributed by atoms with Gasteiger partial charge < -0.3 is 14.5 Å². The summed E-state index contributed by atoms with van der Waals surface area (Å²) in [6.07, 6.45) is 1.10. The zero-order valence-electron chi connectivity index (χ0n) is 12.2. The van der Waals surface area contributed by atoms with Crippen LogP contribution in [0.4, 0.5) is 0 Å². The summed E-state index contributed by atoms with van der Waals surface area (Å²) < 4.78 is 5.32. The number of carbonyl (C=O) groups excluding carboxylic acids is 2. The minimum absolute atomic E-state index is 0.124. The normalized spacial score (nSPS) is 27.0. The molecule has 5 nitrogen and oxygen atoms in total. The molecule has 1 aromatic rings. The van der Waals surface area contributed by atoms with Gasteiger partial charge in [-0.15, -0.1) is 11.3 Å². The van der Waals surface area contributed by atoms with E-state index >= 15 is 0 Å². The lowest BCUT2D eigenvalue weighted by atomic mass is 9.86. The van der Waals surface area contributed by atoms with E-state index in [9.17, 15) is 9.59 Å². The Labute approximate surface area is 128 Å². The molecular formula is C15H20N2O3S. The van der Waals surface area contributed by atoms with Gasteiger partial charge in [-0.2, -0.15) is 0 Å². The van der Waals surface area contributed by atoms with E-state index in [1.165, 1.54) is 0 Å². The molecule has 2 saturated heterocycles. The number of carbonyl (C=O) groups is 2. The molecule has 2 atom stereocenters. The summed E-state index contributed by atoms with van der Waals surface area (Å²) in [7, 11) is 1.81. The van der Waals surface area contributed by atoms with E-state index in [4.69, 9.17) is 4.74 Å². The number of thiophene rings is 1. The van der Waals surface area contributed by atoms with E-state index in [1.54, 1.807) is 16.2 Å². The largest absolute Gasteiger partial charge is 0.378 e. The van der Waals surface area contributed by atoms with Gasteiger partial charge in [0.2, 0.25) is 11.8 Å². The van der Waals surface area contributed by atoms with Gasteiger partial charge in [-0.05, 0) is 17.9 Å². The van der Waals surface area contributed by atoms with Crippen LogP contribution >= 0.6 is 11.3 Å². The minimum atomic E-state index is -0.135. The van der Waals surface area contributed by atoms with Gasteiger partial charge >= 0.3 is 0 Å². The predicted octanol–water partition coefficient (Wildman–Crippen LogP) is 1.52. The van der Waals surface area contributed by atoms with Crippen molar-refractivity contribution in [3.63, 3.8) is 0 Å². The average molecular weight is 308 g/mol. The number of likely N-dealkylation sites (tertiary alicyclic amines) is 1. The van der Waals surface area contributed by atoms with Crippen molar-refractivity contribution in [3.8, 4) is 0 Å². The average Bonchev–Trinajstić information content (AvgIpc) is 3.04. The van der Waals surface area contributed by atoms with Gasteiger partial charge in [0.1, 0.15) is 0 Å². The first-order valence-electron chi connectivity index (χ1n) is 7.34. The fourth-order valence-corrected chi connectivity index (χ4v) is 4.10. The Morgan fingerprint density at radius 3 is 2.81 bits per heavy atom. The minimum Gasteiger partial charge on any atom is -0.378 e. The van der Waals surface area contributed by atoms with Crippen LogP contribution in [0.5, 0.6) is 0 Å². The zero-order valence-corrected chi connectivity index (χ0v) is 13.0. The van der Waals surface area contributed by atoms with Crippen molar-refractivity contribution in [2.75, 3.05) is 33.4 Å². The summed E-state index contributed by atoms with van der Waals surface area (Å²) in [6.45, 7) is 2.53. The number of hydrogen-bond acceptors (Lipinski definition) is 4.